The van der Waals surface area contributed by atoms with Gasteiger partial charge in [-0.1, -0.05) is 12.8 Å². The number of hydrogen-bond donors (Lipinski definition) is 1. The maximum absolute atomic E-state index is 4.10. The molecule has 1 aliphatic rings. The maximum Gasteiger partial charge on any atom is 0.137 e. The average molecular weight is 208 g/mol. The molecule has 0 saturated heterocycles. The van der Waals surface area contributed by atoms with Gasteiger partial charge >= 0.3 is 0 Å². The number of rotatable bonds is 6. The van der Waals surface area contributed by atoms with Crippen LogP contribution in [0.1, 0.15) is 33.1 Å². The number of nitrogens with zero attached hydrogens (tertiary/aromatic N) is 3. The van der Waals surface area contributed by atoms with Crippen LogP contribution in [0.2, 0.25) is 0 Å². The average Bonchev–Trinajstić information content (AvgIpc) is 2.80. The minimum atomic E-state index is 0.459. The Hall–Kier alpha value is -0.900. The summed E-state index contributed by atoms with van der Waals surface area (Å²) in [6.45, 7) is 5.37. The fraction of sp³-hybridized carbons (Fsp3) is 0.818. The summed E-state index contributed by atoms with van der Waals surface area (Å²) < 4.78 is 1.88. The summed E-state index contributed by atoms with van der Waals surface area (Å²) in [5.74, 6) is 0.992. The highest BCUT2D eigenvalue weighted by molar-refractivity contribution is 4.79. The molecule has 0 radical (unpaired) electrons. The zero-order valence-corrected chi connectivity index (χ0v) is 9.56. The van der Waals surface area contributed by atoms with Gasteiger partial charge in [0.05, 0.1) is 6.54 Å². The van der Waals surface area contributed by atoms with E-state index in [9.17, 15) is 0 Å². The fourth-order valence-electron chi connectivity index (χ4n) is 2.07. The van der Waals surface area contributed by atoms with E-state index in [2.05, 4.69) is 29.2 Å². The van der Waals surface area contributed by atoms with E-state index in [1.807, 2.05) is 4.68 Å². The smallest absolute Gasteiger partial charge is 0.137 e. The van der Waals surface area contributed by atoms with Crippen LogP contribution in [0, 0.1) is 5.92 Å². The van der Waals surface area contributed by atoms with Crippen LogP contribution in [0.25, 0.3) is 0 Å². The zero-order chi connectivity index (χ0) is 10.7. The molecular formula is C11H20N4. The Balaban J connectivity index is 1.68. The topological polar surface area (TPSA) is 42.7 Å². The highest BCUT2D eigenvalue weighted by Gasteiger charge is 2.23. The molecule has 1 N–H and O–H groups in total. The van der Waals surface area contributed by atoms with Crippen molar-refractivity contribution in [3.8, 4) is 0 Å². The molecule has 0 amide bonds. The van der Waals surface area contributed by atoms with Crippen LogP contribution in [0.15, 0.2) is 12.7 Å². The molecule has 1 fully saturated rings. The lowest BCUT2D eigenvalue weighted by molar-refractivity contribution is 0.385. The summed E-state index contributed by atoms with van der Waals surface area (Å²) in [5, 5.41) is 7.70. The van der Waals surface area contributed by atoms with Gasteiger partial charge < -0.3 is 5.32 Å². The van der Waals surface area contributed by atoms with Crippen molar-refractivity contribution in [2.24, 2.45) is 5.92 Å². The first-order valence-corrected chi connectivity index (χ1v) is 5.82. The quantitative estimate of drug-likeness (QED) is 0.769. The highest BCUT2D eigenvalue weighted by atomic mass is 15.3. The number of hydrogen-bond acceptors (Lipinski definition) is 3. The van der Waals surface area contributed by atoms with Gasteiger partial charge in [-0.15, -0.1) is 0 Å². The molecular weight excluding hydrogens is 188 g/mol. The molecule has 0 aromatic carbocycles. The van der Waals surface area contributed by atoms with E-state index in [1.165, 1.54) is 19.3 Å². The molecule has 84 valence electrons. The second kappa shape index (κ2) is 4.75. The first-order chi connectivity index (χ1) is 7.24. The van der Waals surface area contributed by atoms with Crippen molar-refractivity contribution >= 4 is 0 Å². The molecule has 1 heterocycles. The van der Waals surface area contributed by atoms with Gasteiger partial charge in [0.25, 0.3) is 0 Å². The van der Waals surface area contributed by atoms with Gasteiger partial charge in [-0.05, 0) is 26.2 Å². The van der Waals surface area contributed by atoms with E-state index in [-0.39, 0.29) is 0 Å². The SMILES string of the molecule is CC(CC1CC1)NC(C)Cn1cncn1. The Morgan fingerprint density at radius 3 is 2.80 bits per heavy atom. The Labute approximate surface area is 91.1 Å². The molecule has 1 aromatic rings. The van der Waals surface area contributed by atoms with E-state index < -0.39 is 0 Å². The van der Waals surface area contributed by atoms with Gasteiger partial charge in [0.15, 0.2) is 0 Å². The predicted octanol–water partition coefficient (Wildman–Crippen LogP) is 1.44. The first kappa shape index (κ1) is 10.6. The second-order valence-corrected chi connectivity index (χ2v) is 4.77. The standard InChI is InChI=1S/C11H20N4/c1-9(5-11-3-4-11)14-10(2)6-15-8-12-7-13-15/h7-11,14H,3-6H2,1-2H3. The molecule has 2 unspecified atom stereocenters. The summed E-state index contributed by atoms with van der Waals surface area (Å²) in [5.41, 5.74) is 0. The predicted molar refractivity (Wildman–Crippen MR) is 59.4 cm³/mol. The molecule has 15 heavy (non-hydrogen) atoms. The minimum Gasteiger partial charge on any atom is -0.310 e. The summed E-state index contributed by atoms with van der Waals surface area (Å²) >= 11 is 0. The molecule has 4 heteroatoms. The monoisotopic (exact) mass is 208 g/mol. The van der Waals surface area contributed by atoms with Crippen LogP contribution in [0.3, 0.4) is 0 Å². The van der Waals surface area contributed by atoms with Crippen molar-refractivity contribution in [3.63, 3.8) is 0 Å². The zero-order valence-electron chi connectivity index (χ0n) is 9.56. The van der Waals surface area contributed by atoms with E-state index in [4.69, 9.17) is 0 Å². The Bertz CT molecular complexity index is 279. The summed E-state index contributed by atoms with van der Waals surface area (Å²) in [4.78, 5) is 3.94. The Morgan fingerprint density at radius 1 is 1.40 bits per heavy atom. The van der Waals surface area contributed by atoms with E-state index in [0.717, 1.165) is 12.5 Å². The van der Waals surface area contributed by atoms with Crippen molar-refractivity contribution in [2.75, 3.05) is 0 Å². The van der Waals surface area contributed by atoms with Gasteiger partial charge in [0.1, 0.15) is 12.7 Å². The molecule has 1 aliphatic carbocycles. The van der Waals surface area contributed by atoms with Gasteiger partial charge in [-0.3, -0.25) is 4.68 Å². The normalized spacial score (nSPS) is 20.1. The molecule has 1 aromatic heterocycles. The van der Waals surface area contributed by atoms with Crippen molar-refractivity contribution in [1.82, 2.24) is 20.1 Å². The third-order valence-corrected chi connectivity index (χ3v) is 2.88. The van der Waals surface area contributed by atoms with Crippen molar-refractivity contribution < 1.29 is 0 Å². The van der Waals surface area contributed by atoms with Crippen molar-refractivity contribution in [3.05, 3.63) is 12.7 Å². The molecule has 0 aliphatic heterocycles. The van der Waals surface area contributed by atoms with Crippen LogP contribution in [0.4, 0.5) is 0 Å². The van der Waals surface area contributed by atoms with E-state index in [0.29, 0.717) is 12.1 Å². The lowest BCUT2D eigenvalue weighted by Crippen LogP contribution is -2.37. The Kier molecular flexibility index (Phi) is 3.36. The maximum atomic E-state index is 4.10. The highest BCUT2D eigenvalue weighted by Crippen LogP contribution is 2.33. The fourth-order valence-corrected chi connectivity index (χ4v) is 2.07. The lowest BCUT2D eigenvalue weighted by Gasteiger charge is -2.19. The molecule has 0 bridgehead atoms. The summed E-state index contributed by atoms with van der Waals surface area (Å²) in [6, 6.07) is 1.08. The largest absolute Gasteiger partial charge is 0.310 e. The van der Waals surface area contributed by atoms with Crippen LogP contribution >= 0.6 is 0 Å². The van der Waals surface area contributed by atoms with Crippen LogP contribution in [-0.4, -0.2) is 26.8 Å². The second-order valence-electron chi connectivity index (χ2n) is 4.77. The van der Waals surface area contributed by atoms with Crippen LogP contribution in [0.5, 0.6) is 0 Å². The molecule has 2 atom stereocenters. The molecule has 4 nitrogen and oxygen atoms in total. The van der Waals surface area contributed by atoms with E-state index >= 15 is 0 Å². The lowest BCUT2D eigenvalue weighted by atomic mass is 10.1. The molecule has 1 saturated carbocycles. The first-order valence-electron chi connectivity index (χ1n) is 5.82. The molecule has 2 rings (SSSR count). The van der Waals surface area contributed by atoms with Gasteiger partial charge in [-0.25, -0.2) is 4.98 Å². The number of nitrogens with one attached hydrogen (secondary N) is 1. The third kappa shape index (κ3) is 3.63. The molecule has 0 spiro atoms. The summed E-state index contributed by atoms with van der Waals surface area (Å²) in [7, 11) is 0. The van der Waals surface area contributed by atoms with E-state index in [1.54, 1.807) is 12.7 Å². The van der Waals surface area contributed by atoms with Crippen LogP contribution < -0.4 is 5.32 Å². The van der Waals surface area contributed by atoms with Gasteiger partial charge in [-0.2, -0.15) is 5.10 Å². The van der Waals surface area contributed by atoms with Gasteiger partial charge in [0.2, 0.25) is 0 Å². The van der Waals surface area contributed by atoms with Crippen molar-refractivity contribution in [1.29, 1.82) is 0 Å². The van der Waals surface area contributed by atoms with Crippen LogP contribution in [-0.2, 0) is 6.54 Å². The number of aromatic nitrogens is 3. The third-order valence-electron chi connectivity index (χ3n) is 2.88. The van der Waals surface area contributed by atoms with Crippen molar-refractivity contribution in [2.45, 2.75) is 51.7 Å². The minimum absolute atomic E-state index is 0.459. The summed E-state index contributed by atoms with van der Waals surface area (Å²) in [6.07, 6.45) is 7.54. The Morgan fingerprint density at radius 2 is 2.20 bits per heavy atom. The van der Waals surface area contributed by atoms with Gasteiger partial charge in [0, 0.05) is 12.1 Å².